The molecule has 0 aliphatic heterocycles. The second-order valence-electron chi connectivity index (χ2n) is 7.09. The second-order valence-corrected chi connectivity index (χ2v) is 7.94. The number of nitrogens with one attached hydrogen (secondary N) is 1. The molecule has 2 saturated carbocycles. The van der Waals surface area contributed by atoms with Gasteiger partial charge in [0.15, 0.2) is 0 Å². The summed E-state index contributed by atoms with van der Waals surface area (Å²) in [4.78, 5) is 24.7. The van der Waals surface area contributed by atoms with E-state index in [9.17, 15) is 14.7 Å². The summed E-state index contributed by atoms with van der Waals surface area (Å²) in [7, 11) is 0. The Hall–Kier alpha value is -1.62. The summed E-state index contributed by atoms with van der Waals surface area (Å²) in [6.07, 6.45) is 1.79. The van der Waals surface area contributed by atoms with Gasteiger partial charge in [-0.05, 0) is 69.2 Å². The van der Waals surface area contributed by atoms with Gasteiger partial charge in [-0.25, -0.2) is 0 Å². The van der Waals surface area contributed by atoms with Crippen LogP contribution in [0.4, 0.5) is 5.69 Å². The highest BCUT2D eigenvalue weighted by molar-refractivity contribution is 9.10. The van der Waals surface area contributed by atoms with Crippen LogP contribution < -0.4 is 5.32 Å². The third-order valence-corrected chi connectivity index (χ3v) is 6.32. The summed E-state index contributed by atoms with van der Waals surface area (Å²) in [5.74, 6) is -2.03. The number of fused-ring (bicyclic) bond motifs is 2. The molecule has 1 aromatic carbocycles. The Morgan fingerprint density at radius 1 is 1.17 bits per heavy atom. The number of benzene rings is 1. The maximum Gasteiger partial charge on any atom is 0.307 e. The molecule has 1 aromatic rings. The van der Waals surface area contributed by atoms with E-state index >= 15 is 0 Å². The first kappa shape index (κ1) is 17.2. The fraction of sp³-hybridized carbons (Fsp3) is 0.474. The van der Waals surface area contributed by atoms with E-state index in [1.165, 1.54) is 11.1 Å². The van der Waals surface area contributed by atoms with E-state index in [1.807, 2.05) is 39.0 Å². The van der Waals surface area contributed by atoms with Crippen LogP contribution in [-0.2, 0) is 9.59 Å². The second kappa shape index (κ2) is 6.36. The average molecular weight is 392 g/mol. The van der Waals surface area contributed by atoms with Gasteiger partial charge in [0.1, 0.15) is 0 Å². The van der Waals surface area contributed by atoms with Gasteiger partial charge in [-0.3, -0.25) is 9.59 Å². The topological polar surface area (TPSA) is 66.4 Å². The number of hydrogen-bond donors (Lipinski definition) is 2. The molecule has 0 heterocycles. The number of aryl methyl sites for hydroxylation is 1. The number of carbonyl (C=O) groups is 2. The third-order valence-electron chi connectivity index (χ3n) is 5.43. The van der Waals surface area contributed by atoms with Gasteiger partial charge in [0.2, 0.25) is 5.91 Å². The summed E-state index contributed by atoms with van der Waals surface area (Å²) >= 11 is 3.44. The monoisotopic (exact) mass is 391 g/mol. The Kier molecular flexibility index (Phi) is 4.56. The highest BCUT2D eigenvalue weighted by Crippen LogP contribution is 2.57. The van der Waals surface area contributed by atoms with Crippen LogP contribution in [0.5, 0.6) is 0 Å². The van der Waals surface area contributed by atoms with Crippen molar-refractivity contribution in [3.8, 4) is 0 Å². The van der Waals surface area contributed by atoms with Crippen molar-refractivity contribution in [2.45, 2.75) is 33.6 Å². The quantitative estimate of drug-likeness (QED) is 0.750. The summed E-state index contributed by atoms with van der Waals surface area (Å²) < 4.78 is 0.982. The molecular formula is C19H22BrNO3. The highest BCUT2D eigenvalue weighted by Gasteiger charge is 2.57. The number of carbonyl (C=O) groups excluding carboxylic acids is 1. The van der Waals surface area contributed by atoms with Gasteiger partial charge in [-0.2, -0.15) is 0 Å². The summed E-state index contributed by atoms with van der Waals surface area (Å²) in [5.41, 5.74) is 4.12. The van der Waals surface area contributed by atoms with Crippen molar-refractivity contribution < 1.29 is 14.7 Å². The van der Waals surface area contributed by atoms with Crippen molar-refractivity contribution in [3.63, 3.8) is 0 Å². The Balaban J connectivity index is 1.89. The molecule has 0 unspecified atom stereocenters. The lowest BCUT2D eigenvalue weighted by atomic mass is 9.78. The number of rotatable bonds is 3. The highest BCUT2D eigenvalue weighted by atomic mass is 79.9. The van der Waals surface area contributed by atoms with Gasteiger partial charge in [0.25, 0.3) is 0 Å². The predicted octanol–water partition coefficient (Wildman–Crippen LogP) is 4.39. The number of aliphatic carboxylic acids is 1. The predicted molar refractivity (Wildman–Crippen MR) is 96.7 cm³/mol. The number of carboxylic acid groups (broad SMARTS) is 1. The Morgan fingerprint density at radius 3 is 2.33 bits per heavy atom. The molecule has 4 nitrogen and oxygen atoms in total. The average Bonchev–Trinajstić information content (AvgIpc) is 3.06. The molecule has 128 valence electrons. The fourth-order valence-electron chi connectivity index (χ4n) is 4.55. The van der Waals surface area contributed by atoms with Crippen molar-refractivity contribution >= 4 is 33.5 Å². The molecule has 2 N–H and O–H groups in total. The van der Waals surface area contributed by atoms with E-state index in [2.05, 4.69) is 21.2 Å². The molecule has 2 fully saturated rings. The van der Waals surface area contributed by atoms with Crippen molar-refractivity contribution in [3.05, 3.63) is 39.4 Å². The first-order chi connectivity index (χ1) is 11.3. The van der Waals surface area contributed by atoms with Crippen molar-refractivity contribution in [2.24, 2.45) is 23.7 Å². The fourth-order valence-corrected chi connectivity index (χ4v) is 4.80. The third kappa shape index (κ3) is 2.79. The molecule has 0 radical (unpaired) electrons. The number of halogens is 1. The standard InChI is InChI=1S/C19H22BrNO3/c1-9(2)15-12-5-6-13(15)17(19(23)24)16(12)18(22)21-11-4-7-14(20)10(3)8-11/h4,7-8,12-13,16-17H,5-6H2,1-3H3,(H,21,22)(H,23,24)/t12-,13-,16+,17+/m0/s1. The summed E-state index contributed by atoms with van der Waals surface area (Å²) in [5, 5.41) is 12.6. The lowest BCUT2D eigenvalue weighted by Crippen LogP contribution is -2.37. The van der Waals surface area contributed by atoms with Crippen molar-refractivity contribution in [1.82, 2.24) is 0 Å². The van der Waals surface area contributed by atoms with Crippen molar-refractivity contribution in [2.75, 3.05) is 5.32 Å². The van der Waals surface area contributed by atoms with E-state index in [0.717, 1.165) is 22.9 Å². The van der Waals surface area contributed by atoms with E-state index < -0.39 is 17.8 Å². The minimum Gasteiger partial charge on any atom is -0.481 e. The maximum atomic E-state index is 12.9. The van der Waals surface area contributed by atoms with Crippen LogP contribution in [0.3, 0.4) is 0 Å². The zero-order valence-corrected chi connectivity index (χ0v) is 15.7. The van der Waals surface area contributed by atoms with E-state index in [-0.39, 0.29) is 17.7 Å². The van der Waals surface area contributed by atoms with Gasteiger partial charge < -0.3 is 10.4 Å². The molecular weight excluding hydrogens is 370 g/mol. The first-order valence-corrected chi connectivity index (χ1v) is 9.07. The summed E-state index contributed by atoms with van der Waals surface area (Å²) in [6.45, 7) is 6.01. The molecule has 0 saturated heterocycles. The van der Waals surface area contributed by atoms with Crippen LogP contribution in [-0.4, -0.2) is 17.0 Å². The molecule has 1 amide bonds. The Labute approximate surface area is 150 Å². The van der Waals surface area contributed by atoms with E-state index in [4.69, 9.17) is 0 Å². The van der Waals surface area contributed by atoms with Crippen molar-refractivity contribution in [1.29, 1.82) is 0 Å². The number of amides is 1. The molecule has 2 bridgehead atoms. The molecule has 0 spiro atoms. The lowest BCUT2D eigenvalue weighted by Gasteiger charge is -2.26. The van der Waals surface area contributed by atoms with E-state index in [0.29, 0.717) is 5.69 Å². The molecule has 24 heavy (non-hydrogen) atoms. The van der Waals surface area contributed by atoms with Crippen LogP contribution in [0, 0.1) is 30.6 Å². The molecule has 5 heteroatoms. The van der Waals surface area contributed by atoms with Gasteiger partial charge >= 0.3 is 5.97 Å². The molecule has 2 aliphatic carbocycles. The van der Waals surface area contributed by atoms with Gasteiger partial charge in [0.05, 0.1) is 11.8 Å². The lowest BCUT2D eigenvalue weighted by molar-refractivity contribution is -0.148. The molecule has 4 atom stereocenters. The van der Waals surface area contributed by atoms with Gasteiger partial charge in [0, 0.05) is 10.2 Å². The first-order valence-electron chi connectivity index (χ1n) is 8.28. The Morgan fingerprint density at radius 2 is 1.79 bits per heavy atom. The summed E-state index contributed by atoms with van der Waals surface area (Å²) in [6, 6.07) is 5.62. The zero-order chi connectivity index (χ0) is 17.6. The largest absolute Gasteiger partial charge is 0.481 e. The minimum absolute atomic E-state index is 0.0138. The molecule has 2 aliphatic rings. The zero-order valence-electron chi connectivity index (χ0n) is 14.1. The molecule has 3 rings (SSSR count). The van der Waals surface area contributed by atoms with E-state index in [1.54, 1.807) is 0 Å². The van der Waals surface area contributed by atoms with Crippen LogP contribution >= 0.6 is 15.9 Å². The smallest absolute Gasteiger partial charge is 0.307 e. The SMILES string of the molecule is CC(C)=C1[C@@H]2CC[C@@H]1[C@@H](C(=O)Nc1ccc(Br)c(C)c1)[C@@H]2C(=O)O. The van der Waals surface area contributed by atoms with Crippen LogP contribution in [0.1, 0.15) is 32.3 Å². The van der Waals surface area contributed by atoms with Gasteiger partial charge in [-0.15, -0.1) is 0 Å². The number of carboxylic acids is 1. The van der Waals surface area contributed by atoms with Gasteiger partial charge in [-0.1, -0.05) is 27.1 Å². The maximum absolute atomic E-state index is 12.9. The van der Waals surface area contributed by atoms with Crippen LogP contribution in [0.25, 0.3) is 0 Å². The number of hydrogen-bond acceptors (Lipinski definition) is 2. The normalized spacial score (nSPS) is 28.1. The van der Waals surface area contributed by atoms with Crippen LogP contribution in [0.15, 0.2) is 33.8 Å². The Bertz CT molecular complexity index is 736. The minimum atomic E-state index is -0.854. The molecule has 0 aromatic heterocycles. The van der Waals surface area contributed by atoms with Crippen LogP contribution in [0.2, 0.25) is 0 Å². The number of anilines is 1. The number of allylic oxidation sites excluding steroid dienone is 2.